The minimum Gasteiger partial charge on any atom is -0.437 e. The van der Waals surface area contributed by atoms with Crippen molar-refractivity contribution in [1.82, 2.24) is 4.98 Å². The molecule has 0 spiro atoms. The molecule has 0 saturated heterocycles. The van der Waals surface area contributed by atoms with E-state index in [0.717, 1.165) is 16.8 Å². The number of fused-ring (bicyclic) bond motifs is 3. The summed E-state index contributed by atoms with van der Waals surface area (Å²) in [6, 6.07) is 5.88. The van der Waals surface area contributed by atoms with Crippen LogP contribution in [-0.2, 0) is 7.05 Å². The second-order valence-corrected chi connectivity index (χ2v) is 7.82. The van der Waals surface area contributed by atoms with Crippen LogP contribution in [0.4, 0.5) is 8.78 Å². The molecule has 0 amide bonds. The van der Waals surface area contributed by atoms with E-state index in [0.29, 0.717) is 16.9 Å². The molecule has 3 aromatic heterocycles. The predicted molar refractivity (Wildman–Crippen MR) is 106 cm³/mol. The summed E-state index contributed by atoms with van der Waals surface area (Å²) in [5.74, 6) is -1.05. The average Bonchev–Trinajstić information content (AvgIpc) is 2.99. The van der Waals surface area contributed by atoms with Crippen LogP contribution in [-0.4, -0.2) is 4.98 Å². The molecule has 4 aromatic rings. The van der Waals surface area contributed by atoms with Gasteiger partial charge in [0.25, 0.3) is 0 Å². The van der Waals surface area contributed by atoms with Crippen LogP contribution in [0.5, 0.6) is 0 Å². The van der Waals surface area contributed by atoms with E-state index >= 15 is 0 Å². The van der Waals surface area contributed by atoms with Gasteiger partial charge in [0.05, 0.1) is 10.9 Å². The number of halogens is 2. The lowest BCUT2D eigenvalue weighted by molar-refractivity contribution is -0.660. The summed E-state index contributed by atoms with van der Waals surface area (Å²) in [7, 11) is 1.99. The molecule has 3 heterocycles. The van der Waals surface area contributed by atoms with Gasteiger partial charge in [-0.1, -0.05) is 26.0 Å². The molecule has 0 aliphatic rings. The first kappa shape index (κ1) is 18.5. The Morgan fingerprint density at radius 3 is 2.46 bits per heavy atom. The lowest BCUT2D eigenvalue weighted by atomic mass is 9.95. The van der Waals surface area contributed by atoms with Crippen molar-refractivity contribution >= 4 is 22.1 Å². The Morgan fingerprint density at radius 1 is 1.07 bits per heavy atom. The topological polar surface area (TPSA) is 29.9 Å². The normalized spacial score (nSPS) is 11.9. The number of hydrogen-bond donors (Lipinski definition) is 0. The molecule has 0 atom stereocenters. The third kappa shape index (κ3) is 2.60. The van der Waals surface area contributed by atoms with E-state index in [-0.39, 0.29) is 16.7 Å². The Hall–Kier alpha value is -2.82. The number of pyridine rings is 2. The predicted octanol–water partition coefficient (Wildman–Crippen LogP) is 5.80. The third-order valence-electron chi connectivity index (χ3n) is 5.51. The summed E-state index contributed by atoms with van der Waals surface area (Å²) in [6.07, 6.45) is 2.12. The van der Waals surface area contributed by atoms with Crippen molar-refractivity contribution in [2.24, 2.45) is 7.05 Å². The molecule has 28 heavy (non-hydrogen) atoms. The largest absolute Gasteiger partial charge is 0.437 e. The van der Waals surface area contributed by atoms with Crippen molar-refractivity contribution in [3.63, 3.8) is 0 Å². The molecule has 0 saturated carbocycles. The second-order valence-electron chi connectivity index (χ2n) is 7.82. The second kappa shape index (κ2) is 6.36. The number of furan rings is 1. The molecule has 0 N–H and O–H groups in total. The van der Waals surface area contributed by atoms with Crippen LogP contribution in [0.15, 0.2) is 28.8 Å². The monoisotopic (exact) mass is 381 g/mol. The molecule has 5 heteroatoms. The van der Waals surface area contributed by atoms with Crippen LogP contribution in [0, 0.1) is 32.5 Å². The van der Waals surface area contributed by atoms with E-state index in [9.17, 15) is 8.78 Å². The van der Waals surface area contributed by atoms with Crippen LogP contribution in [0.1, 0.15) is 42.0 Å². The molecule has 4 rings (SSSR count). The van der Waals surface area contributed by atoms with Crippen molar-refractivity contribution < 1.29 is 17.8 Å². The maximum atomic E-state index is 14.8. The van der Waals surface area contributed by atoms with Gasteiger partial charge in [-0.2, -0.15) is 9.37 Å². The average molecular weight is 381 g/mol. The first-order chi connectivity index (χ1) is 13.2. The number of hydrogen-bond acceptors (Lipinski definition) is 2. The summed E-state index contributed by atoms with van der Waals surface area (Å²) < 4.78 is 36.7. The van der Waals surface area contributed by atoms with Gasteiger partial charge in [-0.25, -0.2) is 8.96 Å². The van der Waals surface area contributed by atoms with E-state index in [4.69, 9.17) is 4.42 Å². The first-order valence-corrected chi connectivity index (χ1v) is 9.38. The smallest absolute Gasteiger partial charge is 0.232 e. The minimum atomic E-state index is -0.843. The van der Waals surface area contributed by atoms with Crippen molar-refractivity contribution in [2.45, 2.75) is 40.5 Å². The van der Waals surface area contributed by atoms with Crippen molar-refractivity contribution in [3.05, 3.63) is 58.4 Å². The summed E-state index contributed by atoms with van der Waals surface area (Å²) in [6.45, 7) is 9.80. The van der Waals surface area contributed by atoms with E-state index in [1.807, 2.05) is 26.1 Å². The number of benzene rings is 1. The Labute approximate surface area is 162 Å². The minimum absolute atomic E-state index is 0.0133. The van der Waals surface area contributed by atoms with Gasteiger partial charge in [-0.05, 0) is 37.8 Å². The highest BCUT2D eigenvalue weighted by Crippen LogP contribution is 2.38. The van der Waals surface area contributed by atoms with Crippen LogP contribution in [0.25, 0.3) is 33.3 Å². The molecule has 0 bridgehead atoms. The first-order valence-electron chi connectivity index (χ1n) is 9.38. The number of aromatic nitrogens is 2. The highest BCUT2D eigenvalue weighted by molar-refractivity contribution is 6.09. The number of nitrogens with zero attached hydrogens (tertiary/aromatic N) is 2. The molecular formula is C23H23F2N2O+. The quantitative estimate of drug-likeness (QED) is 0.324. The Bertz CT molecular complexity index is 1260. The van der Waals surface area contributed by atoms with Gasteiger partial charge in [0.15, 0.2) is 11.8 Å². The fraction of sp³-hybridized carbons (Fsp3) is 0.304. The Kier molecular flexibility index (Phi) is 4.21. The fourth-order valence-corrected chi connectivity index (χ4v) is 3.93. The maximum absolute atomic E-state index is 14.8. The summed E-state index contributed by atoms with van der Waals surface area (Å²) in [4.78, 5) is 3.83. The molecule has 0 radical (unpaired) electrons. The van der Waals surface area contributed by atoms with E-state index < -0.39 is 11.8 Å². The molecule has 0 aliphatic carbocycles. The standard InChI is InChI=1S/C23H23F2N2O/c1-11(2)16-10-27(6)17(9-13(16)4)18-12(3)7-8-15-19-20(24)14(5)22(25)26-23(19)28-21(15)18/h7-11H,1-6H3/q+1. The van der Waals surface area contributed by atoms with Gasteiger partial charge >= 0.3 is 0 Å². The van der Waals surface area contributed by atoms with Crippen LogP contribution in [0.2, 0.25) is 0 Å². The van der Waals surface area contributed by atoms with Crippen LogP contribution in [0.3, 0.4) is 0 Å². The van der Waals surface area contributed by atoms with Gasteiger partial charge in [-0.3, -0.25) is 0 Å². The van der Waals surface area contributed by atoms with Gasteiger partial charge in [0.1, 0.15) is 12.9 Å². The Balaban J connectivity index is 2.11. The highest BCUT2D eigenvalue weighted by atomic mass is 19.1. The van der Waals surface area contributed by atoms with Gasteiger partial charge < -0.3 is 4.42 Å². The molecule has 0 unspecified atom stereocenters. The number of rotatable bonds is 2. The molecule has 144 valence electrons. The number of aryl methyl sites for hydroxylation is 3. The van der Waals surface area contributed by atoms with Crippen molar-refractivity contribution in [1.29, 1.82) is 0 Å². The zero-order valence-corrected chi connectivity index (χ0v) is 16.9. The van der Waals surface area contributed by atoms with Crippen molar-refractivity contribution in [3.8, 4) is 11.3 Å². The van der Waals surface area contributed by atoms with Crippen LogP contribution < -0.4 is 4.57 Å². The summed E-state index contributed by atoms with van der Waals surface area (Å²) in [5.41, 5.74) is 5.69. The highest BCUT2D eigenvalue weighted by Gasteiger charge is 2.25. The fourth-order valence-electron chi connectivity index (χ4n) is 3.93. The molecule has 0 fully saturated rings. The maximum Gasteiger partial charge on any atom is 0.232 e. The summed E-state index contributed by atoms with van der Waals surface area (Å²) in [5, 5.41) is 0.836. The zero-order chi connectivity index (χ0) is 20.3. The third-order valence-corrected chi connectivity index (χ3v) is 5.51. The SMILES string of the molecule is Cc1cc(-c2c(C)ccc3c2oc2nc(F)c(C)c(F)c23)[n+](C)cc1C(C)C. The van der Waals surface area contributed by atoms with E-state index in [1.54, 1.807) is 0 Å². The van der Waals surface area contributed by atoms with Crippen molar-refractivity contribution in [2.75, 3.05) is 0 Å². The summed E-state index contributed by atoms with van der Waals surface area (Å²) >= 11 is 0. The van der Waals surface area contributed by atoms with Crippen LogP contribution >= 0.6 is 0 Å². The molecular weight excluding hydrogens is 358 g/mol. The lowest BCUT2D eigenvalue weighted by Crippen LogP contribution is -2.32. The van der Waals surface area contributed by atoms with Gasteiger partial charge in [0.2, 0.25) is 17.4 Å². The van der Waals surface area contributed by atoms with Gasteiger partial charge in [-0.15, -0.1) is 0 Å². The zero-order valence-electron chi connectivity index (χ0n) is 16.9. The van der Waals surface area contributed by atoms with E-state index in [1.165, 1.54) is 18.1 Å². The van der Waals surface area contributed by atoms with Gasteiger partial charge in [0, 0.05) is 22.6 Å². The Morgan fingerprint density at radius 2 is 1.79 bits per heavy atom. The van der Waals surface area contributed by atoms with E-state index in [2.05, 4.69) is 42.6 Å². The lowest BCUT2D eigenvalue weighted by Gasteiger charge is -2.11. The molecule has 3 nitrogen and oxygen atoms in total. The molecule has 1 aromatic carbocycles. The molecule has 0 aliphatic heterocycles.